The van der Waals surface area contributed by atoms with E-state index in [0.717, 1.165) is 27.8 Å². The summed E-state index contributed by atoms with van der Waals surface area (Å²) in [6.45, 7) is 0. The maximum atomic E-state index is 12.7. The van der Waals surface area contributed by atoms with E-state index in [2.05, 4.69) is 0 Å². The van der Waals surface area contributed by atoms with Crippen LogP contribution >= 0.6 is 0 Å². The topological polar surface area (TPSA) is 34.1 Å². The highest BCUT2D eigenvalue weighted by Gasteiger charge is 2.30. The van der Waals surface area contributed by atoms with Gasteiger partial charge < -0.3 is 0 Å². The average Bonchev–Trinajstić information content (AvgIpc) is 2.68. The smallest absolute Gasteiger partial charge is 0.193 e. The van der Waals surface area contributed by atoms with Gasteiger partial charge >= 0.3 is 0 Å². The standard InChI is InChI=1S/C23H18O2/c24-22(16-8-2-1-3-9-16)15-14-19-17-10-4-6-12-20(17)23(25)21-13-7-5-11-18(19)21/h1-13,19H,14-15H2. The van der Waals surface area contributed by atoms with Crippen molar-refractivity contribution in [1.29, 1.82) is 0 Å². The molecule has 0 atom stereocenters. The Balaban J connectivity index is 1.67. The summed E-state index contributed by atoms with van der Waals surface area (Å²) in [6.07, 6.45) is 1.17. The SMILES string of the molecule is O=C(CCC1c2ccccc2C(=O)c2ccccc21)c1ccccc1. The van der Waals surface area contributed by atoms with Crippen LogP contribution in [0.2, 0.25) is 0 Å². The Kier molecular flexibility index (Phi) is 4.02. The van der Waals surface area contributed by atoms with Gasteiger partial charge in [0.25, 0.3) is 0 Å². The molecule has 0 N–H and O–H groups in total. The maximum absolute atomic E-state index is 12.7. The van der Waals surface area contributed by atoms with Crippen LogP contribution < -0.4 is 0 Å². The molecule has 2 nitrogen and oxygen atoms in total. The molecule has 4 rings (SSSR count). The number of rotatable bonds is 4. The predicted octanol–water partition coefficient (Wildman–Crippen LogP) is 5.03. The number of benzene rings is 3. The van der Waals surface area contributed by atoms with Crippen molar-refractivity contribution >= 4 is 11.6 Å². The van der Waals surface area contributed by atoms with Crippen molar-refractivity contribution in [3.63, 3.8) is 0 Å². The second kappa shape index (κ2) is 6.48. The van der Waals surface area contributed by atoms with Gasteiger partial charge in [0.15, 0.2) is 11.6 Å². The van der Waals surface area contributed by atoms with Crippen LogP contribution in [0.15, 0.2) is 78.9 Å². The van der Waals surface area contributed by atoms with E-state index in [1.54, 1.807) is 0 Å². The minimum absolute atomic E-state index is 0.0804. The molecule has 1 aliphatic rings. The third-order valence-corrected chi connectivity index (χ3v) is 4.92. The van der Waals surface area contributed by atoms with Gasteiger partial charge in [0.2, 0.25) is 0 Å². The molecule has 0 bridgehead atoms. The van der Waals surface area contributed by atoms with E-state index in [1.165, 1.54) is 0 Å². The van der Waals surface area contributed by atoms with Crippen LogP contribution in [-0.2, 0) is 0 Å². The molecule has 0 amide bonds. The highest BCUT2D eigenvalue weighted by atomic mass is 16.1. The van der Waals surface area contributed by atoms with E-state index in [0.29, 0.717) is 12.8 Å². The Labute approximate surface area is 147 Å². The van der Waals surface area contributed by atoms with Crippen LogP contribution in [0.1, 0.15) is 56.2 Å². The Morgan fingerprint density at radius 2 is 1.24 bits per heavy atom. The third kappa shape index (κ3) is 2.80. The molecule has 0 heterocycles. The molecule has 0 fully saturated rings. The minimum atomic E-state index is 0.0804. The molecule has 0 aliphatic heterocycles. The Morgan fingerprint density at radius 1 is 0.720 bits per heavy atom. The molecule has 3 aromatic carbocycles. The van der Waals surface area contributed by atoms with Gasteiger partial charge in [0.05, 0.1) is 0 Å². The van der Waals surface area contributed by atoms with Gasteiger partial charge in [-0.05, 0) is 17.5 Å². The molecular weight excluding hydrogens is 308 g/mol. The quantitative estimate of drug-likeness (QED) is 0.630. The number of carbonyl (C=O) groups excluding carboxylic acids is 2. The molecular formula is C23H18O2. The Hall–Kier alpha value is -3.00. The molecule has 1 aliphatic carbocycles. The molecule has 0 aromatic heterocycles. The molecule has 2 heteroatoms. The van der Waals surface area contributed by atoms with Crippen molar-refractivity contribution in [1.82, 2.24) is 0 Å². The van der Waals surface area contributed by atoms with E-state index in [9.17, 15) is 9.59 Å². The van der Waals surface area contributed by atoms with Crippen molar-refractivity contribution in [2.24, 2.45) is 0 Å². The first-order chi connectivity index (χ1) is 12.3. The Bertz CT molecular complexity index is 892. The molecule has 0 radical (unpaired) electrons. The van der Waals surface area contributed by atoms with Crippen LogP contribution in [-0.4, -0.2) is 11.6 Å². The maximum Gasteiger partial charge on any atom is 0.193 e. The normalized spacial score (nSPS) is 13.2. The first-order valence-corrected chi connectivity index (χ1v) is 8.56. The first-order valence-electron chi connectivity index (χ1n) is 8.56. The number of carbonyl (C=O) groups is 2. The van der Waals surface area contributed by atoms with Gasteiger partial charge in [-0.15, -0.1) is 0 Å². The minimum Gasteiger partial charge on any atom is -0.294 e. The summed E-state index contributed by atoms with van der Waals surface area (Å²) in [5.74, 6) is 0.307. The van der Waals surface area contributed by atoms with Crippen molar-refractivity contribution in [2.75, 3.05) is 0 Å². The van der Waals surface area contributed by atoms with Gasteiger partial charge in [0, 0.05) is 29.0 Å². The van der Waals surface area contributed by atoms with E-state index in [-0.39, 0.29) is 17.5 Å². The molecule has 0 spiro atoms. The third-order valence-electron chi connectivity index (χ3n) is 4.92. The Morgan fingerprint density at radius 3 is 1.84 bits per heavy atom. The lowest BCUT2D eigenvalue weighted by atomic mass is 9.75. The highest BCUT2D eigenvalue weighted by molar-refractivity contribution is 6.12. The summed E-state index contributed by atoms with van der Waals surface area (Å²) in [5.41, 5.74) is 4.34. The number of hydrogen-bond acceptors (Lipinski definition) is 2. The van der Waals surface area contributed by atoms with E-state index < -0.39 is 0 Å². The zero-order valence-electron chi connectivity index (χ0n) is 13.8. The van der Waals surface area contributed by atoms with Crippen molar-refractivity contribution in [2.45, 2.75) is 18.8 Å². The van der Waals surface area contributed by atoms with Gasteiger partial charge in [0.1, 0.15) is 0 Å². The lowest BCUT2D eigenvalue weighted by Crippen LogP contribution is -2.20. The average molecular weight is 326 g/mol. The fourth-order valence-electron chi connectivity index (χ4n) is 3.68. The van der Waals surface area contributed by atoms with Crippen molar-refractivity contribution in [3.8, 4) is 0 Å². The van der Waals surface area contributed by atoms with Crippen LogP contribution in [0, 0.1) is 0 Å². The monoisotopic (exact) mass is 326 g/mol. The number of fused-ring (bicyclic) bond motifs is 2. The molecule has 3 aromatic rings. The van der Waals surface area contributed by atoms with Crippen LogP contribution in [0.25, 0.3) is 0 Å². The predicted molar refractivity (Wildman–Crippen MR) is 98.2 cm³/mol. The zero-order chi connectivity index (χ0) is 17.2. The van der Waals surface area contributed by atoms with E-state index in [4.69, 9.17) is 0 Å². The fourth-order valence-corrected chi connectivity index (χ4v) is 3.68. The van der Waals surface area contributed by atoms with Crippen LogP contribution in [0.5, 0.6) is 0 Å². The molecule has 0 unspecified atom stereocenters. The first kappa shape index (κ1) is 15.5. The number of Topliss-reactive ketones (excluding diaryl/α,β-unsaturated/α-hetero) is 1. The zero-order valence-corrected chi connectivity index (χ0v) is 13.8. The highest BCUT2D eigenvalue weighted by Crippen LogP contribution is 2.39. The fraction of sp³-hybridized carbons (Fsp3) is 0.130. The van der Waals surface area contributed by atoms with E-state index in [1.807, 2.05) is 78.9 Å². The lowest BCUT2D eigenvalue weighted by Gasteiger charge is -2.27. The molecule has 0 saturated carbocycles. The summed E-state index contributed by atoms with van der Waals surface area (Å²) in [7, 11) is 0. The number of ketones is 2. The van der Waals surface area contributed by atoms with Gasteiger partial charge in [-0.3, -0.25) is 9.59 Å². The largest absolute Gasteiger partial charge is 0.294 e. The molecule has 0 saturated heterocycles. The summed E-state index contributed by atoms with van der Waals surface area (Å²) >= 11 is 0. The number of hydrogen-bond donors (Lipinski definition) is 0. The second-order valence-electron chi connectivity index (χ2n) is 6.38. The van der Waals surface area contributed by atoms with Gasteiger partial charge in [-0.25, -0.2) is 0 Å². The van der Waals surface area contributed by atoms with Crippen molar-refractivity contribution in [3.05, 3.63) is 107 Å². The summed E-state index contributed by atoms with van der Waals surface area (Å²) in [6, 6.07) is 24.9. The molecule has 122 valence electrons. The van der Waals surface area contributed by atoms with Gasteiger partial charge in [-0.1, -0.05) is 78.9 Å². The second-order valence-corrected chi connectivity index (χ2v) is 6.38. The van der Waals surface area contributed by atoms with Gasteiger partial charge in [-0.2, -0.15) is 0 Å². The van der Waals surface area contributed by atoms with E-state index >= 15 is 0 Å². The van der Waals surface area contributed by atoms with Crippen LogP contribution in [0.4, 0.5) is 0 Å². The molecule has 25 heavy (non-hydrogen) atoms. The summed E-state index contributed by atoms with van der Waals surface area (Å²) in [5, 5.41) is 0. The lowest BCUT2D eigenvalue weighted by molar-refractivity contribution is 0.0978. The summed E-state index contributed by atoms with van der Waals surface area (Å²) < 4.78 is 0. The summed E-state index contributed by atoms with van der Waals surface area (Å²) in [4.78, 5) is 25.3. The van der Waals surface area contributed by atoms with Crippen LogP contribution in [0.3, 0.4) is 0 Å². The van der Waals surface area contributed by atoms with Crippen molar-refractivity contribution < 1.29 is 9.59 Å².